The summed E-state index contributed by atoms with van der Waals surface area (Å²) in [6.07, 6.45) is 10.2. The van der Waals surface area contributed by atoms with E-state index in [1.807, 2.05) is 24.3 Å². The summed E-state index contributed by atoms with van der Waals surface area (Å²) >= 11 is 0. The van der Waals surface area contributed by atoms with Gasteiger partial charge in [0.15, 0.2) is 0 Å². The summed E-state index contributed by atoms with van der Waals surface area (Å²) in [5.41, 5.74) is 5.58. The van der Waals surface area contributed by atoms with Crippen LogP contribution in [0.15, 0.2) is 60.5 Å². The maximum atomic E-state index is 3.92. The number of H-pyrrole nitrogens is 1. The molecule has 1 aromatic heterocycles. The van der Waals surface area contributed by atoms with Gasteiger partial charge in [-0.2, -0.15) is 0 Å². The zero-order chi connectivity index (χ0) is 13.2. The third-order valence-corrected chi connectivity index (χ3v) is 3.24. The first-order valence-corrected chi connectivity index (χ1v) is 6.35. The number of dihydropyridines is 1. The lowest BCUT2D eigenvalue weighted by atomic mass is 10.1. The smallest absolute Gasteiger partial charge is 0.0485 e. The Balaban J connectivity index is 2.11. The summed E-state index contributed by atoms with van der Waals surface area (Å²) in [6.45, 7) is 5.98. The van der Waals surface area contributed by atoms with Crippen LogP contribution in [-0.2, 0) is 0 Å². The van der Waals surface area contributed by atoms with Gasteiger partial charge >= 0.3 is 0 Å². The molecule has 2 heteroatoms. The van der Waals surface area contributed by atoms with E-state index in [0.717, 1.165) is 28.2 Å². The highest BCUT2D eigenvalue weighted by Crippen LogP contribution is 2.25. The zero-order valence-corrected chi connectivity index (χ0v) is 10.9. The molecule has 3 rings (SSSR count). The monoisotopic (exact) mass is 248 g/mol. The predicted molar refractivity (Wildman–Crippen MR) is 82.4 cm³/mol. The van der Waals surface area contributed by atoms with E-state index in [2.05, 4.69) is 54.2 Å². The lowest BCUT2D eigenvalue weighted by Crippen LogP contribution is -2.10. The van der Waals surface area contributed by atoms with E-state index in [0.29, 0.717) is 0 Å². The van der Waals surface area contributed by atoms with Crippen LogP contribution >= 0.6 is 0 Å². The molecule has 0 bridgehead atoms. The molecule has 1 aromatic carbocycles. The molecule has 0 atom stereocenters. The van der Waals surface area contributed by atoms with Crippen LogP contribution in [0.2, 0.25) is 0 Å². The number of nitrogens with one attached hydrogen (secondary N) is 2. The van der Waals surface area contributed by atoms with Crippen LogP contribution in [0.4, 0.5) is 0 Å². The van der Waals surface area contributed by atoms with Gasteiger partial charge in [0.25, 0.3) is 0 Å². The molecule has 0 unspecified atom stereocenters. The van der Waals surface area contributed by atoms with E-state index in [9.17, 15) is 0 Å². The Bertz CT molecular complexity index is 727. The minimum atomic E-state index is 1.08. The molecule has 0 saturated heterocycles. The van der Waals surface area contributed by atoms with Gasteiger partial charge in [-0.1, -0.05) is 36.9 Å². The van der Waals surface area contributed by atoms with Gasteiger partial charge in [-0.15, -0.1) is 0 Å². The van der Waals surface area contributed by atoms with Crippen LogP contribution < -0.4 is 5.32 Å². The van der Waals surface area contributed by atoms with E-state index >= 15 is 0 Å². The first kappa shape index (κ1) is 11.6. The molecule has 2 N–H and O–H groups in total. The molecule has 1 aliphatic heterocycles. The third kappa shape index (κ3) is 2.13. The second-order valence-electron chi connectivity index (χ2n) is 4.64. The Kier molecular flexibility index (Phi) is 2.84. The zero-order valence-electron chi connectivity index (χ0n) is 10.9. The minimum Gasteiger partial charge on any atom is -0.359 e. The van der Waals surface area contributed by atoms with Gasteiger partial charge in [-0.05, 0) is 31.2 Å². The van der Waals surface area contributed by atoms with Gasteiger partial charge in [0, 0.05) is 33.6 Å². The summed E-state index contributed by atoms with van der Waals surface area (Å²) in [5, 5.41) is 4.55. The van der Waals surface area contributed by atoms with Crippen molar-refractivity contribution in [2.75, 3.05) is 0 Å². The average molecular weight is 248 g/mol. The summed E-state index contributed by atoms with van der Waals surface area (Å²) in [7, 11) is 0. The standard InChI is InChI=1S/C17H16N2/c1-3-14-15-9-4-5-10-16(15)19-17(14)11-13-8-6-7-12(2)18-13/h3-11,18-19H,1H2,2H3/b13-11+. The van der Waals surface area contributed by atoms with Gasteiger partial charge in [0.05, 0.1) is 0 Å². The Morgan fingerprint density at radius 1 is 1.21 bits per heavy atom. The fourth-order valence-electron chi connectivity index (χ4n) is 2.37. The van der Waals surface area contributed by atoms with E-state index in [1.165, 1.54) is 5.39 Å². The topological polar surface area (TPSA) is 27.8 Å². The predicted octanol–water partition coefficient (Wildman–Crippen LogP) is 4.22. The lowest BCUT2D eigenvalue weighted by Gasteiger charge is -2.10. The van der Waals surface area contributed by atoms with Crippen molar-refractivity contribution in [1.29, 1.82) is 0 Å². The normalized spacial score (nSPS) is 16.5. The number of para-hydroxylation sites is 1. The molecule has 0 amide bonds. The number of fused-ring (bicyclic) bond motifs is 1. The maximum Gasteiger partial charge on any atom is 0.0485 e. The number of allylic oxidation sites excluding steroid dienone is 4. The largest absolute Gasteiger partial charge is 0.359 e. The molecular weight excluding hydrogens is 232 g/mol. The van der Waals surface area contributed by atoms with Crippen molar-refractivity contribution in [3.63, 3.8) is 0 Å². The number of aromatic nitrogens is 1. The average Bonchev–Trinajstić information content (AvgIpc) is 2.75. The Labute approximate surface area is 112 Å². The van der Waals surface area contributed by atoms with Crippen molar-refractivity contribution in [2.45, 2.75) is 6.92 Å². The molecule has 0 saturated carbocycles. The van der Waals surface area contributed by atoms with Crippen LogP contribution in [0, 0.1) is 0 Å². The van der Waals surface area contributed by atoms with Crippen LogP contribution in [0.3, 0.4) is 0 Å². The van der Waals surface area contributed by atoms with Crippen molar-refractivity contribution in [3.05, 3.63) is 71.7 Å². The first-order valence-electron chi connectivity index (χ1n) is 6.35. The lowest BCUT2D eigenvalue weighted by molar-refractivity contribution is 0.997. The Morgan fingerprint density at radius 3 is 2.84 bits per heavy atom. The molecule has 94 valence electrons. The second kappa shape index (κ2) is 4.65. The molecule has 2 nitrogen and oxygen atoms in total. The van der Waals surface area contributed by atoms with Crippen LogP contribution in [0.1, 0.15) is 18.2 Å². The van der Waals surface area contributed by atoms with Gasteiger partial charge < -0.3 is 10.3 Å². The molecular formula is C17H16N2. The number of hydrogen-bond acceptors (Lipinski definition) is 1. The fourth-order valence-corrected chi connectivity index (χ4v) is 2.37. The van der Waals surface area contributed by atoms with E-state index in [-0.39, 0.29) is 0 Å². The van der Waals surface area contributed by atoms with Gasteiger partial charge in [-0.3, -0.25) is 0 Å². The molecule has 0 aliphatic carbocycles. The number of aromatic amines is 1. The number of hydrogen-bond donors (Lipinski definition) is 2. The molecule has 0 spiro atoms. The highest BCUT2D eigenvalue weighted by atomic mass is 14.9. The SMILES string of the molecule is C=Cc1c(/C=C2\C=CC=C(C)N2)[nH]c2ccccc12. The number of benzene rings is 1. The van der Waals surface area contributed by atoms with Gasteiger partial charge in [0.2, 0.25) is 0 Å². The van der Waals surface area contributed by atoms with Crippen LogP contribution in [0.25, 0.3) is 23.1 Å². The van der Waals surface area contributed by atoms with E-state index in [4.69, 9.17) is 0 Å². The summed E-state index contributed by atoms with van der Waals surface area (Å²) in [5.74, 6) is 0. The molecule has 0 radical (unpaired) electrons. The Hall–Kier alpha value is -2.48. The van der Waals surface area contributed by atoms with Crippen molar-refractivity contribution in [2.24, 2.45) is 0 Å². The van der Waals surface area contributed by atoms with Gasteiger partial charge in [0.1, 0.15) is 0 Å². The molecule has 2 heterocycles. The molecule has 2 aromatic rings. The summed E-state index contributed by atoms with van der Waals surface area (Å²) in [6, 6.07) is 8.28. The minimum absolute atomic E-state index is 1.08. The fraction of sp³-hybridized carbons (Fsp3) is 0.0588. The maximum absolute atomic E-state index is 3.92. The van der Waals surface area contributed by atoms with Crippen molar-refractivity contribution < 1.29 is 0 Å². The second-order valence-corrected chi connectivity index (χ2v) is 4.64. The van der Waals surface area contributed by atoms with E-state index in [1.54, 1.807) is 0 Å². The highest BCUT2D eigenvalue weighted by molar-refractivity contribution is 5.93. The number of rotatable bonds is 2. The summed E-state index contributed by atoms with van der Waals surface area (Å²) in [4.78, 5) is 3.44. The van der Waals surface area contributed by atoms with Crippen LogP contribution in [0.5, 0.6) is 0 Å². The van der Waals surface area contributed by atoms with Crippen molar-refractivity contribution >= 4 is 23.1 Å². The quantitative estimate of drug-likeness (QED) is 0.818. The highest BCUT2D eigenvalue weighted by Gasteiger charge is 2.07. The Morgan fingerprint density at radius 2 is 2.05 bits per heavy atom. The van der Waals surface area contributed by atoms with Crippen LogP contribution in [-0.4, -0.2) is 4.98 Å². The molecule has 1 aliphatic rings. The first-order chi connectivity index (χ1) is 9.28. The van der Waals surface area contributed by atoms with Crippen molar-refractivity contribution in [3.8, 4) is 0 Å². The van der Waals surface area contributed by atoms with Gasteiger partial charge in [-0.25, -0.2) is 0 Å². The molecule has 0 fully saturated rings. The van der Waals surface area contributed by atoms with Crippen molar-refractivity contribution in [1.82, 2.24) is 10.3 Å². The third-order valence-electron chi connectivity index (χ3n) is 3.24. The van der Waals surface area contributed by atoms with E-state index < -0.39 is 0 Å². The molecule has 19 heavy (non-hydrogen) atoms. The summed E-state index contributed by atoms with van der Waals surface area (Å²) < 4.78 is 0.